The fraction of sp³-hybridized carbons (Fsp3) is 0.0588. The van der Waals surface area contributed by atoms with Gasteiger partial charge in [-0.05, 0) is 35.9 Å². The maximum Gasteiger partial charge on any atom is 0.251 e. The first kappa shape index (κ1) is 13.1. The molecule has 0 fully saturated rings. The van der Waals surface area contributed by atoms with Crippen molar-refractivity contribution in [2.75, 3.05) is 0 Å². The average molecular weight is 278 g/mol. The van der Waals surface area contributed by atoms with E-state index in [0.717, 1.165) is 17.0 Å². The van der Waals surface area contributed by atoms with Gasteiger partial charge in [-0.15, -0.1) is 0 Å². The summed E-state index contributed by atoms with van der Waals surface area (Å²) in [4.78, 5) is 16.3. The number of carbonyl (C=O) groups excluding carboxylic acids is 1. The van der Waals surface area contributed by atoms with Crippen molar-refractivity contribution in [1.29, 1.82) is 0 Å². The SMILES string of the molecule is O=C(NCc1ccc(-c2ccco2)nc1)c1ccccc1. The molecule has 4 heteroatoms. The fourth-order valence-corrected chi connectivity index (χ4v) is 1.97. The van der Waals surface area contributed by atoms with E-state index in [1.807, 2.05) is 42.5 Å². The van der Waals surface area contributed by atoms with E-state index >= 15 is 0 Å². The molecule has 1 N–H and O–H groups in total. The molecule has 0 atom stereocenters. The summed E-state index contributed by atoms with van der Waals surface area (Å²) in [6.07, 6.45) is 3.36. The van der Waals surface area contributed by atoms with E-state index in [0.29, 0.717) is 12.1 Å². The Morgan fingerprint density at radius 3 is 2.57 bits per heavy atom. The molecule has 0 saturated heterocycles. The predicted molar refractivity (Wildman–Crippen MR) is 79.6 cm³/mol. The summed E-state index contributed by atoms with van der Waals surface area (Å²) in [7, 11) is 0. The highest BCUT2D eigenvalue weighted by molar-refractivity contribution is 5.94. The first-order valence-corrected chi connectivity index (χ1v) is 6.65. The highest BCUT2D eigenvalue weighted by Gasteiger charge is 2.05. The van der Waals surface area contributed by atoms with Crippen molar-refractivity contribution in [1.82, 2.24) is 10.3 Å². The van der Waals surface area contributed by atoms with Gasteiger partial charge < -0.3 is 9.73 Å². The van der Waals surface area contributed by atoms with Gasteiger partial charge in [0.15, 0.2) is 5.76 Å². The molecule has 1 amide bonds. The Morgan fingerprint density at radius 1 is 1.05 bits per heavy atom. The van der Waals surface area contributed by atoms with E-state index in [2.05, 4.69) is 10.3 Å². The van der Waals surface area contributed by atoms with Gasteiger partial charge >= 0.3 is 0 Å². The third kappa shape index (κ3) is 3.17. The minimum absolute atomic E-state index is 0.0919. The number of aromatic nitrogens is 1. The van der Waals surface area contributed by atoms with Crippen LogP contribution in [0.15, 0.2) is 71.5 Å². The maximum atomic E-state index is 11.9. The molecule has 0 aliphatic heterocycles. The topological polar surface area (TPSA) is 55.1 Å². The van der Waals surface area contributed by atoms with Gasteiger partial charge in [0.05, 0.1) is 6.26 Å². The van der Waals surface area contributed by atoms with Crippen molar-refractivity contribution in [3.8, 4) is 11.5 Å². The molecule has 0 saturated carbocycles. The Bertz CT molecular complexity index is 704. The van der Waals surface area contributed by atoms with Crippen LogP contribution in [-0.4, -0.2) is 10.9 Å². The van der Waals surface area contributed by atoms with Crippen LogP contribution in [0, 0.1) is 0 Å². The molecule has 104 valence electrons. The number of amides is 1. The van der Waals surface area contributed by atoms with Crippen molar-refractivity contribution in [3.05, 3.63) is 78.2 Å². The van der Waals surface area contributed by atoms with Crippen LogP contribution in [0.5, 0.6) is 0 Å². The van der Waals surface area contributed by atoms with E-state index in [1.54, 1.807) is 24.6 Å². The van der Waals surface area contributed by atoms with E-state index < -0.39 is 0 Å². The standard InChI is InChI=1S/C17H14N2O2/c20-17(14-5-2-1-3-6-14)19-12-13-8-9-15(18-11-13)16-7-4-10-21-16/h1-11H,12H2,(H,19,20). The Kier molecular flexibility index (Phi) is 3.78. The number of rotatable bonds is 4. The smallest absolute Gasteiger partial charge is 0.251 e. The maximum absolute atomic E-state index is 11.9. The van der Waals surface area contributed by atoms with Gasteiger partial charge in [-0.3, -0.25) is 9.78 Å². The highest BCUT2D eigenvalue weighted by Crippen LogP contribution is 2.17. The minimum Gasteiger partial charge on any atom is -0.463 e. The molecule has 3 rings (SSSR count). The average Bonchev–Trinajstić information content (AvgIpc) is 3.08. The number of carbonyl (C=O) groups is 1. The van der Waals surface area contributed by atoms with Crippen LogP contribution in [0.4, 0.5) is 0 Å². The van der Waals surface area contributed by atoms with Gasteiger partial charge in [0.25, 0.3) is 5.91 Å². The zero-order valence-electron chi connectivity index (χ0n) is 11.3. The molecule has 4 nitrogen and oxygen atoms in total. The zero-order valence-corrected chi connectivity index (χ0v) is 11.3. The monoisotopic (exact) mass is 278 g/mol. The van der Waals surface area contributed by atoms with Gasteiger partial charge in [-0.1, -0.05) is 24.3 Å². The van der Waals surface area contributed by atoms with E-state index in [-0.39, 0.29) is 5.91 Å². The number of furan rings is 1. The molecule has 2 heterocycles. The van der Waals surface area contributed by atoms with Crippen molar-refractivity contribution < 1.29 is 9.21 Å². The Morgan fingerprint density at radius 2 is 1.90 bits per heavy atom. The summed E-state index contributed by atoms with van der Waals surface area (Å²) in [6, 6.07) is 16.6. The molecule has 0 aliphatic rings. The lowest BCUT2D eigenvalue weighted by atomic mass is 10.2. The molecule has 1 aromatic carbocycles. The largest absolute Gasteiger partial charge is 0.463 e. The third-order valence-electron chi connectivity index (χ3n) is 3.09. The Balaban J connectivity index is 1.62. The molecule has 0 radical (unpaired) electrons. The predicted octanol–water partition coefficient (Wildman–Crippen LogP) is 3.27. The minimum atomic E-state index is -0.0919. The molecule has 3 aromatic rings. The van der Waals surface area contributed by atoms with Crippen molar-refractivity contribution in [2.24, 2.45) is 0 Å². The molecule has 0 spiro atoms. The van der Waals surface area contributed by atoms with Crippen molar-refractivity contribution >= 4 is 5.91 Å². The summed E-state index contributed by atoms with van der Waals surface area (Å²) in [5, 5.41) is 2.87. The molecule has 21 heavy (non-hydrogen) atoms. The summed E-state index contributed by atoms with van der Waals surface area (Å²) in [5.74, 6) is 0.639. The number of nitrogens with one attached hydrogen (secondary N) is 1. The van der Waals surface area contributed by atoms with Gasteiger partial charge in [-0.25, -0.2) is 0 Å². The summed E-state index contributed by atoms with van der Waals surface area (Å²) < 4.78 is 5.28. The molecular weight excluding hydrogens is 264 g/mol. The van der Waals surface area contributed by atoms with E-state index in [9.17, 15) is 4.79 Å². The highest BCUT2D eigenvalue weighted by atomic mass is 16.3. The van der Waals surface area contributed by atoms with E-state index in [1.165, 1.54) is 0 Å². The van der Waals surface area contributed by atoms with Crippen LogP contribution in [0.3, 0.4) is 0 Å². The zero-order chi connectivity index (χ0) is 14.5. The van der Waals surface area contributed by atoms with Crippen LogP contribution < -0.4 is 5.32 Å². The molecule has 0 bridgehead atoms. The quantitative estimate of drug-likeness (QED) is 0.797. The first-order chi connectivity index (χ1) is 10.3. The van der Waals surface area contributed by atoms with Crippen LogP contribution >= 0.6 is 0 Å². The summed E-state index contributed by atoms with van der Waals surface area (Å²) in [5.41, 5.74) is 2.37. The second kappa shape index (κ2) is 6.05. The van der Waals surface area contributed by atoms with Crippen LogP contribution in [-0.2, 0) is 6.54 Å². The number of hydrogen-bond acceptors (Lipinski definition) is 3. The second-order valence-corrected chi connectivity index (χ2v) is 4.58. The number of nitrogens with zero attached hydrogens (tertiary/aromatic N) is 1. The summed E-state index contributed by atoms with van der Waals surface area (Å²) >= 11 is 0. The van der Waals surface area contributed by atoms with Gasteiger partial charge in [0.2, 0.25) is 0 Å². The van der Waals surface area contributed by atoms with Gasteiger partial charge in [-0.2, -0.15) is 0 Å². The lowest BCUT2D eigenvalue weighted by molar-refractivity contribution is 0.0951. The van der Waals surface area contributed by atoms with Crippen LogP contribution in [0.25, 0.3) is 11.5 Å². The Hall–Kier alpha value is -2.88. The van der Waals surface area contributed by atoms with Gasteiger partial charge in [0.1, 0.15) is 5.69 Å². The van der Waals surface area contributed by atoms with Crippen LogP contribution in [0.2, 0.25) is 0 Å². The van der Waals surface area contributed by atoms with Crippen molar-refractivity contribution in [3.63, 3.8) is 0 Å². The van der Waals surface area contributed by atoms with Crippen molar-refractivity contribution in [2.45, 2.75) is 6.54 Å². The number of pyridine rings is 1. The number of hydrogen-bond donors (Lipinski definition) is 1. The van der Waals surface area contributed by atoms with Crippen LogP contribution in [0.1, 0.15) is 15.9 Å². The number of benzene rings is 1. The first-order valence-electron chi connectivity index (χ1n) is 6.65. The third-order valence-corrected chi connectivity index (χ3v) is 3.09. The second-order valence-electron chi connectivity index (χ2n) is 4.58. The molecule has 0 unspecified atom stereocenters. The summed E-state index contributed by atoms with van der Waals surface area (Å²) in [6.45, 7) is 0.444. The normalized spacial score (nSPS) is 10.3. The molecule has 0 aliphatic carbocycles. The Labute approximate surface area is 122 Å². The molecule has 2 aromatic heterocycles. The lowest BCUT2D eigenvalue weighted by Crippen LogP contribution is -2.22. The lowest BCUT2D eigenvalue weighted by Gasteiger charge is -2.05. The fourth-order valence-electron chi connectivity index (χ4n) is 1.97. The van der Waals surface area contributed by atoms with E-state index in [4.69, 9.17) is 4.42 Å². The van der Waals surface area contributed by atoms with Gasteiger partial charge in [0, 0.05) is 18.3 Å². The molecular formula is C17H14N2O2.